The van der Waals surface area contributed by atoms with Crippen molar-refractivity contribution in [2.75, 3.05) is 19.0 Å². The van der Waals surface area contributed by atoms with Crippen molar-refractivity contribution < 1.29 is 4.58 Å². The van der Waals surface area contributed by atoms with Crippen LogP contribution in [0.1, 0.15) is 51.7 Å². The normalized spacial score (nSPS) is 26.3. The van der Waals surface area contributed by atoms with Crippen molar-refractivity contribution >= 4 is 17.1 Å². The highest BCUT2D eigenvalue weighted by Crippen LogP contribution is 2.49. The molecule has 0 N–H and O–H groups in total. The van der Waals surface area contributed by atoms with Crippen LogP contribution in [-0.2, 0) is 10.8 Å². The maximum atomic E-state index is 2.37. The lowest BCUT2D eigenvalue weighted by Crippen LogP contribution is -2.29. The zero-order chi connectivity index (χ0) is 20.8. The first kappa shape index (κ1) is 22.1. The largest absolute Gasteiger partial charge is 0.358 e. The van der Waals surface area contributed by atoms with E-state index in [0.29, 0.717) is 0 Å². The van der Waals surface area contributed by atoms with Crippen molar-refractivity contribution in [1.29, 1.82) is 0 Å². The Kier molecular flexibility index (Phi) is 5.82. The van der Waals surface area contributed by atoms with E-state index in [0.717, 1.165) is 12.8 Å². The number of benzene rings is 2. The van der Waals surface area contributed by atoms with Crippen molar-refractivity contribution in [1.82, 2.24) is 0 Å². The summed E-state index contributed by atoms with van der Waals surface area (Å²) in [6.07, 6.45) is 9.08. The fraction of sp³-hybridized carbons (Fsp3) is 0.357. The smallest absolute Gasteiger partial charge is 0.209 e. The van der Waals surface area contributed by atoms with E-state index in [9.17, 15) is 0 Å². The van der Waals surface area contributed by atoms with Crippen LogP contribution in [0.4, 0.5) is 11.4 Å². The molecule has 0 saturated heterocycles. The molecule has 30 heavy (non-hydrogen) atoms. The number of hydrogen-bond acceptors (Lipinski definition) is 1. The van der Waals surface area contributed by atoms with E-state index in [1.807, 2.05) is 0 Å². The number of hydrogen-bond donors (Lipinski definition) is 0. The fourth-order valence-electron chi connectivity index (χ4n) is 5.31. The molecule has 2 aromatic carbocycles. The first-order valence-electron chi connectivity index (χ1n) is 10.8. The molecule has 0 aliphatic carbocycles. The number of para-hydroxylation sites is 2. The Morgan fingerprint density at radius 3 is 2.17 bits per heavy atom. The predicted molar refractivity (Wildman–Crippen MR) is 131 cm³/mol. The van der Waals surface area contributed by atoms with Gasteiger partial charge in [0.2, 0.25) is 5.69 Å². The summed E-state index contributed by atoms with van der Waals surface area (Å²) in [7, 11) is 4.39. The second-order valence-electron chi connectivity index (χ2n) is 8.82. The van der Waals surface area contributed by atoms with Gasteiger partial charge in [-0.1, -0.05) is 56.3 Å². The molecule has 2 heteroatoms. The number of anilines is 1. The van der Waals surface area contributed by atoms with Crippen LogP contribution >= 0.6 is 0 Å². The molecule has 2 aromatic rings. The van der Waals surface area contributed by atoms with Gasteiger partial charge < -0.3 is 12.3 Å². The monoisotopic (exact) mass is 400 g/mol. The molecule has 4 rings (SSSR count). The van der Waals surface area contributed by atoms with Crippen molar-refractivity contribution in [3.05, 3.63) is 91.0 Å². The van der Waals surface area contributed by atoms with Crippen LogP contribution in [-0.4, -0.2) is 24.4 Å². The molecule has 2 nitrogen and oxygen atoms in total. The molecule has 2 unspecified atom stereocenters. The third-order valence-corrected chi connectivity index (χ3v) is 7.50. The Morgan fingerprint density at radius 2 is 1.50 bits per heavy atom. The Morgan fingerprint density at radius 1 is 0.900 bits per heavy atom. The molecular weight excluding hydrogens is 364 g/mol. The van der Waals surface area contributed by atoms with Gasteiger partial charge in [0, 0.05) is 41.6 Å². The van der Waals surface area contributed by atoms with Gasteiger partial charge in [-0.25, -0.2) is 0 Å². The summed E-state index contributed by atoms with van der Waals surface area (Å²) in [6.45, 7) is 9.32. The highest BCUT2D eigenvalue weighted by atomic mass is 15.2. The Balaban J connectivity index is 0.00000256. The molecule has 2 aliphatic heterocycles. The molecule has 0 radical (unpaired) electrons. The average Bonchev–Trinajstić information content (AvgIpc) is 3.11. The van der Waals surface area contributed by atoms with E-state index in [4.69, 9.17) is 0 Å². The summed E-state index contributed by atoms with van der Waals surface area (Å²) in [5, 5.41) is 0. The predicted octanol–water partition coefficient (Wildman–Crippen LogP) is 6.79. The SMILES string of the molecule is CCC1(C)C(=CC=CC2=[N+](C)c3ccccc3C2(C)CC)N(C)c2ccccc21.[CH3-]. The van der Waals surface area contributed by atoms with E-state index >= 15 is 0 Å². The van der Waals surface area contributed by atoms with Crippen LogP contribution < -0.4 is 4.90 Å². The van der Waals surface area contributed by atoms with Crippen LogP contribution in [0, 0.1) is 7.43 Å². The maximum Gasteiger partial charge on any atom is 0.209 e. The van der Waals surface area contributed by atoms with E-state index in [2.05, 4.69) is 118 Å². The zero-order valence-electron chi connectivity index (χ0n) is 19.7. The number of nitrogens with zero attached hydrogens (tertiary/aromatic N) is 2. The summed E-state index contributed by atoms with van der Waals surface area (Å²) in [5.41, 5.74) is 8.37. The van der Waals surface area contributed by atoms with E-state index in [1.54, 1.807) is 0 Å². The first-order chi connectivity index (χ1) is 13.9. The van der Waals surface area contributed by atoms with Gasteiger partial charge in [0.15, 0.2) is 5.71 Å². The third-order valence-electron chi connectivity index (χ3n) is 7.50. The quantitative estimate of drug-likeness (QED) is 0.404. The molecule has 2 heterocycles. The summed E-state index contributed by atoms with van der Waals surface area (Å²) < 4.78 is 2.36. The number of rotatable bonds is 4. The molecule has 0 saturated carbocycles. The van der Waals surface area contributed by atoms with Gasteiger partial charge >= 0.3 is 0 Å². The summed E-state index contributed by atoms with van der Waals surface area (Å²) in [5.74, 6) is 0. The zero-order valence-corrected chi connectivity index (χ0v) is 19.7. The Hall–Kier alpha value is -2.61. The van der Waals surface area contributed by atoms with Crippen molar-refractivity contribution in [3.8, 4) is 0 Å². The Bertz CT molecular complexity index is 1040. The van der Waals surface area contributed by atoms with Gasteiger partial charge in [-0.3, -0.25) is 0 Å². The molecule has 2 atom stereocenters. The highest BCUT2D eigenvalue weighted by Gasteiger charge is 2.45. The minimum Gasteiger partial charge on any atom is -0.358 e. The molecule has 0 spiro atoms. The fourth-order valence-corrected chi connectivity index (χ4v) is 5.31. The molecule has 0 aromatic heterocycles. The molecule has 0 bridgehead atoms. The minimum absolute atomic E-state index is 0. The van der Waals surface area contributed by atoms with Gasteiger partial charge in [0.05, 0.1) is 5.41 Å². The van der Waals surface area contributed by atoms with Gasteiger partial charge in [0.1, 0.15) is 7.05 Å². The molecule has 0 fully saturated rings. The molecule has 0 amide bonds. The van der Waals surface area contributed by atoms with Crippen molar-refractivity contribution in [2.45, 2.75) is 51.4 Å². The first-order valence-corrected chi connectivity index (χ1v) is 10.8. The second-order valence-corrected chi connectivity index (χ2v) is 8.82. The third kappa shape index (κ3) is 2.96. The lowest BCUT2D eigenvalue weighted by atomic mass is 9.77. The Labute approximate surface area is 183 Å². The molecular formula is C28H36N2. The van der Waals surface area contributed by atoms with Crippen LogP contribution in [0.25, 0.3) is 0 Å². The topological polar surface area (TPSA) is 6.25 Å². The van der Waals surface area contributed by atoms with E-state index < -0.39 is 0 Å². The average molecular weight is 401 g/mol. The minimum atomic E-state index is 0. The van der Waals surface area contributed by atoms with E-state index in [-0.39, 0.29) is 18.3 Å². The number of allylic oxidation sites excluding steroid dienone is 4. The van der Waals surface area contributed by atoms with Gasteiger partial charge in [-0.2, -0.15) is 4.58 Å². The van der Waals surface area contributed by atoms with Crippen LogP contribution in [0.5, 0.6) is 0 Å². The summed E-state index contributed by atoms with van der Waals surface area (Å²) in [4.78, 5) is 2.36. The summed E-state index contributed by atoms with van der Waals surface area (Å²) >= 11 is 0. The van der Waals surface area contributed by atoms with Gasteiger partial charge in [-0.05, 0) is 44.4 Å². The molecule has 158 valence electrons. The lowest BCUT2D eigenvalue weighted by molar-refractivity contribution is -0.401. The van der Waals surface area contributed by atoms with E-state index in [1.165, 1.54) is 33.9 Å². The lowest BCUT2D eigenvalue weighted by Gasteiger charge is -2.27. The van der Waals surface area contributed by atoms with Gasteiger partial charge in [0.25, 0.3) is 0 Å². The van der Waals surface area contributed by atoms with Crippen LogP contribution in [0.2, 0.25) is 0 Å². The van der Waals surface area contributed by atoms with Crippen molar-refractivity contribution in [3.63, 3.8) is 0 Å². The van der Waals surface area contributed by atoms with Crippen LogP contribution in [0.15, 0.2) is 72.5 Å². The van der Waals surface area contributed by atoms with Crippen molar-refractivity contribution in [2.24, 2.45) is 0 Å². The standard InChI is InChI=1S/C27H33N2.CH3/c1-7-26(3)20-14-9-11-16-22(20)28(5)24(26)18-13-19-25-27(4,8-2)21-15-10-12-17-23(21)29(25)6;/h9-19H,7-8H2,1-6H3;1H3/q+1;-1. The second kappa shape index (κ2) is 7.91. The maximum absolute atomic E-state index is 2.37. The van der Waals surface area contributed by atoms with Gasteiger partial charge in [-0.15, -0.1) is 0 Å². The highest BCUT2D eigenvalue weighted by molar-refractivity contribution is 6.03. The summed E-state index contributed by atoms with van der Waals surface area (Å²) in [6, 6.07) is 17.6. The number of fused-ring (bicyclic) bond motifs is 2. The molecule has 2 aliphatic rings. The van der Waals surface area contributed by atoms with Crippen LogP contribution in [0.3, 0.4) is 0 Å². The number of likely N-dealkylation sites (N-methyl/N-ethyl adjacent to an activating group) is 1.